The van der Waals surface area contributed by atoms with Gasteiger partial charge in [-0.2, -0.15) is 20.4 Å². The highest BCUT2D eigenvalue weighted by Crippen LogP contribution is 2.34. The topological polar surface area (TPSA) is 403 Å². The Balaban J connectivity index is 0.000000153. The number of halogens is 8. The molecule has 0 radical (unpaired) electrons. The average molecular weight is 2000 g/mol. The number of aliphatic hydroxyl groups is 4. The van der Waals surface area contributed by atoms with E-state index in [2.05, 4.69) is 123 Å². The fourth-order valence-corrected chi connectivity index (χ4v) is 16.1. The molecule has 0 aliphatic heterocycles. The van der Waals surface area contributed by atoms with Gasteiger partial charge in [-0.05, 0) is 256 Å². The lowest BCUT2D eigenvalue weighted by Gasteiger charge is -2.16. The van der Waals surface area contributed by atoms with Crippen LogP contribution in [0, 0.1) is 27.7 Å². The van der Waals surface area contributed by atoms with Crippen LogP contribution in [-0.4, -0.2) is 168 Å². The van der Waals surface area contributed by atoms with E-state index in [0.29, 0.717) is 113 Å². The molecule has 0 saturated heterocycles. The summed E-state index contributed by atoms with van der Waals surface area (Å²) in [4.78, 5) is 54.0. The Labute approximate surface area is 828 Å². The Morgan fingerprint density at radius 2 is 0.478 bits per heavy atom. The summed E-state index contributed by atoms with van der Waals surface area (Å²) >= 11 is 49.4. The number of nitrogens with one attached hydrogen (secondary N) is 8. The van der Waals surface area contributed by atoms with Crippen molar-refractivity contribution < 1.29 is 20.4 Å². The van der Waals surface area contributed by atoms with Gasteiger partial charge in [0.15, 0.2) is 20.6 Å². The summed E-state index contributed by atoms with van der Waals surface area (Å²) < 4.78 is 6.40. The van der Waals surface area contributed by atoms with Crippen LogP contribution in [0.1, 0.15) is 127 Å². The predicted octanol–water partition coefficient (Wildman–Crippen LogP) is 21.6. The van der Waals surface area contributed by atoms with Crippen molar-refractivity contribution in [2.75, 3.05) is 68.7 Å². The Kier molecular flexibility index (Phi) is 34.3. The lowest BCUT2D eigenvalue weighted by Crippen LogP contribution is -2.26. The van der Waals surface area contributed by atoms with Crippen LogP contribution in [0.3, 0.4) is 0 Å². The summed E-state index contributed by atoms with van der Waals surface area (Å²) in [5.41, 5.74) is 13.5. The zero-order valence-electron chi connectivity index (χ0n) is 77.2. The fourth-order valence-electron chi connectivity index (χ4n) is 14.7. The first-order chi connectivity index (χ1) is 64.6. The number of aromatic nitrogens is 20. The van der Waals surface area contributed by atoms with Crippen molar-refractivity contribution in [3.8, 4) is 0 Å². The van der Waals surface area contributed by atoms with Crippen LogP contribution in [0.15, 0.2) is 171 Å². The predicted molar refractivity (Wildman–Crippen MR) is 549 cm³/mol. The number of pyridine rings is 4. The molecule has 16 rings (SSSR count). The largest absolute Gasteiger partial charge is 0.389 e. The van der Waals surface area contributed by atoms with Crippen LogP contribution in [0.5, 0.6) is 0 Å². The van der Waals surface area contributed by atoms with Crippen LogP contribution >= 0.6 is 92.8 Å². The van der Waals surface area contributed by atoms with Gasteiger partial charge in [0.2, 0.25) is 23.8 Å². The number of aryl methyl sites for hydroxylation is 8. The van der Waals surface area contributed by atoms with Crippen LogP contribution < -0.4 is 42.5 Å². The summed E-state index contributed by atoms with van der Waals surface area (Å²) in [6, 6.07) is 38.6. The first-order valence-electron chi connectivity index (χ1n) is 44.1. The molecule has 40 heteroatoms. The van der Waals surface area contributed by atoms with E-state index in [1.165, 1.54) is 0 Å². The van der Waals surface area contributed by atoms with E-state index in [-0.39, 0.29) is 0 Å². The first-order valence-corrected chi connectivity index (χ1v) is 47.1. The van der Waals surface area contributed by atoms with Gasteiger partial charge in [-0.15, -0.1) is 0 Å². The maximum absolute atomic E-state index is 10.0. The highest BCUT2D eigenvalue weighted by Gasteiger charge is 2.23. The number of benzene rings is 4. The Morgan fingerprint density at radius 3 is 0.676 bits per heavy atom. The third kappa shape index (κ3) is 31.1. The molecule has 0 fully saturated rings. The van der Waals surface area contributed by atoms with Crippen molar-refractivity contribution in [3.63, 3.8) is 0 Å². The third-order valence-corrected chi connectivity index (χ3v) is 22.3. The molecule has 136 heavy (non-hydrogen) atoms. The van der Waals surface area contributed by atoms with Gasteiger partial charge in [-0.1, -0.05) is 92.8 Å². The molecular formula is C96H108Cl8N28O4. The van der Waals surface area contributed by atoms with Gasteiger partial charge in [0.25, 0.3) is 0 Å². The third-order valence-electron chi connectivity index (χ3n) is 20.2. The second-order valence-corrected chi connectivity index (χ2v) is 38.6. The minimum atomic E-state index is -0.900. The highest BCUT2D eigenvalue weighted by atomic mass is 35.5. The quantitative estimate of drug-likeness (QED) is 0.0162. The van der Waals surface area contributed by atoms with E-state index in [1.54, 1.807) is 124 Å². The molecule has 0 atom stereocenters. The van der Waals surface area contributed by atoms with E-state index in [1.807, 2.05) is 149 Å². The Hall–Kier alpha value is -11.8. The molecule has 0 bridgehead atoms. The molecule has 0 aliphatic rings. The summed E-state index contributed by atoms with van der Waals surface area (Å²) in [6.07, 6.45) is 20.7. The molecule has 0 aliphatic carbocycles. The summed E-state index contributed by atoms with van der Waals surface area (Å²) in [5.74, 6) is 1.85. The normalized spacial score (nSPS) is 11.7. The lowest BCUT2D eigenvalue weighted by molar-refractivity contribution is 0.0571. The summed E-state index contributed by atoms with van der Waals surface area (Å²) in [7, 11) is 0. The molecule has 12 heterocycles. The van der Waals surface area contributed by atoms with Gasteiger partial charge in [0, 0.05) is 161 Å². The molecule has 4 aromatic carbocycles. The van der Waals surface area contributed by atoms with Gasteiger partial charge < -0.3 is 63.0 Å². The van der Waals surface area contributed by atoms with Crippen LogP contribution in [0.2, 0.25) is 40.7 Å². The standard InChI is InChI=1S/4C24H27Cl2N7O/c4*1-15-11-17(5-4-9-27-19-8-10-28-20-12-16(25)6-7-18(19)20)30-23(29-15)31-21-13-33(32-22(21)26)14-24(2,3)34/h4*6-8,10-13,34H,4-5,9,14H2,1-3H3,(H,27,28)(H,29,30,31). The van der Waals surface area contributed by atoms with Crippen molar-refractivity contribution in [2.45, 2.75) is 183 Å². The van der Waals surface area contributed by atoms with Crippen LogP contribution in [0.4, 0.5) is 69.3 Å². The van der Waals surface area contributed by atoms with Gasteiger partial charge in [-0.3, -0.25) is 38.7 Å². The molecule has 32 nitrogen and oxygen atoms in total. The van der Waals surface area contributed by atoms with Gasteiger partial charge in [0.05, 0.1) is 118 Å². The average Bonchev–Trinajstić information content (AvgIpc) is 1.54. The second-order valence-electron chi connectivity index (χ2n) is 35.4. The Morgan fingerprint density at radius 1 is 0.272 bits per heavy atom. The summed E-state index contributed by atoms with van der Waals surface area (Å²) in [6.45, 7) is 25.9. The molecule has 16 aromatic rings. The number of fused-ring (bicyclic) bond motifs is 4. The molecular weight excluding hydrogens is 1890 g/mol. The molecule has 0 amide bonds. The van der Waals surface area contributed by atoms with E-state index >= 15 is 0 Å². The summed E-state index contributed by atoms with van der Waals surface area (Å²) in [5, 5.41) is 91.6. The van der Waals surface area contributed by atoms with Gasteiger partial charge >= 0.3 is 0 Å². The smallest absolute Gasteiger partial charge is 0.227 e. The maximum atomic E-state index is 10.0. The number of rotatable bonds is 36. The molecule has 712 valence electrons. The second kappa shape index (κ2) is 45.9. The van der Waals surface area contributed by atoms with E-state index in [9.17, 15) is 20.4 Å². The molecule has 0 spiro atoms. The van der Waals surface area contributed by atoms with Gasteiger partial charge in [0.1, 0.15) is 0 Å². The van der Waals surface area contributed by atoms with E-state index in [4.69, 9.17) is 92.8 Å². The zero-order valence-corrected chi connectivity index (χ0v) is 83.3. The van der Waals surface area contributed by atoms with Crippen molar-refractivity contribution in [1.82, 2.24) is 98.9 Å². The van der Waals surface area contributed by atoms with Crippen LogP contribution in [0.25, 0.3) is 43.6 Å². The van der Waals surface area contributed by atoms with Crippen molar-refractivity contribution in [1.29, 1.82) is 0 Å². The lowest BCUT2D eigenvalue weighted by atomic mass is 10.1. The molecule has 0 unspecified atom stereocenters. The minimum Gasteiger partial charge on any atom is -0.389 e. The van der Waals surface area contributed by atoms with E-state index in [0.717, 1.165) is 189 Å². The number of anilines is 12. The minimum absolute atomic E-state index is 0.297. The number of nitrogens with zero attached hydrogens (tertiary/aromatic N) is 20. The van der Waals surface area contributed by atoms with E-state index < -0.39 is 22.4 Å². The SMILES string of the molecule is Cc1cc(CCCNc2ccnc3cc(Cl)ccc23)nc(Nc2cn(CC(C)(C)O)nc2Cl)n1.Cc1cc(CCCNc2ccnc3cc(Cl)ccc23)nc(Nc2cn(CC(C)(C)O)nc2Cl)n1.Cc1cc(CCCNc2ccnc3cc(Cl)ccc23)nc(Nc2cn(CC(C)(C)O)nc2Cl)n1.Cc1cc(CCCNc2ccnc3cc(Cl)ccc23)nc(Nc2cn(CC(C)(C)O)nc2Cl)n1. The van der Waals surface area contributed by atoms with Crippen LogP contribution in [-0.2, 0) is 51.9 Å². The van der Waals surface area contributed by atoms with Crippen molar-refractivity contribution in [3.05, 3.63) is 257 Å². The highest BCUT2D eigenvalue weighted by molar-refractivity contribution is 6.34. The number of hydrogen-bond acceptors (Lipinski definition) is 28. The van der Waals surface area contributed by atoms with Crippen molar-refractivity contribution in [2.24, 2.45) is 0 Å². The monoisotopic (exact) mass is 2000 g/mol. The molecule has 0 saturated carbocycles. The fraction of sp³-hybridized carbons (Fsp3) is 0.333. The molecule has 12 N–H and O–H groups in total. The zero-order chi connectivity index (χ0) is 97.2. The van der Waals surface area contributed by atoms with Crippen molar-refractivity contribution >= 4 is 206 Å². The van der Waals surface area contributed by atoms with Gasteiger partial charge in [-0.25, -0.2) is 39.9 Å². The molecule has 12 aromatic heterocycles. The maximum Gasteiger partial charge on any atom is 0.227 e. The number of hydrogen-bond donors (Lipinski definition) is 12. The first kappa shape index (κ1) is 102. The Bertz CT molecular complexity index is 6010.